The van der Waals surface area contributed by atoms with Crippen molar-refractivity contribution >= 4 is 34.3 Å². The molecule has 2 aromatic heterocycles. The SMILES string of the molecule is C=CC(=C)Nc1cccc(Nc2nc(N3CCCC(N)C3)nc3c2ncn3C(C)C)c1. The number of nitrogens with zero attached hydrogens (tertiary/aromatic N) is 5. The van der Waals surface area contributed by atoms with Crippen LogP contribution in [-0.2, 0) is 0 Å². The number of allylic oxidation sites excluding steroid dienone is 1. The first-order chi connectivity index (χ1) is 14.9. The molecule has 0 spiro atoms. The Labute approximate surface area is 182 Å². The number of hydrogen-bond acceptors (Lipinski definition) is 7. The van der Waals surface area contributed by atoms with Gasteiger partial charge in [0, 0.05) is 42.2 Å². The van der Waals surface area contributed by atoms with Gasteiger partial charge in [0.2, 0.25) is 5.95 Å². The molecule has 1 fully saturated rings. The molecule has 8 nitrogen and oxygen atoms in total. The molecule has 4 N–H and O–H groups in total. The third kappa shape index (κ3) is 4.54. The Morgan fingerprint density at radius 2 is 2.10 bits per heavy atom. The van der Waals surface area contributed by atoms with Crippen molar-refractivity contribution in [3.05, 3.63) is 55.5 Å². The van der Waals surface area contributed by atoms with E-state index in [0.717, 1.165) is 54.2 Å². The summed E-state index contributed by atoms with van der Waals surface area (Å²) in [7, 11) is 0. The predicted octanol–water partition coefficient (Wildman–Crippen LogP) is 4.19. The Morgan fingerprint density at radius 3 is 2.84 bits per heavy atom. The van der Waals surface area contributed by atoms with Crippen LogP contribution in [0, 0.1) is 0 Å². The van der Waals surface area contributed by atoms with E-state index >= 15 is 0 Å². The zero-order valence-electron chi connectivity index (χ0n) is 18.2. The molecule has 0 radical (unpaired) electrons. The van der Waals surface area contributed by atoms with Crippen LogP contribution in [0.25, 0.3) is 11.2 Å². The van der Waals surface area contributed by atoms with Crippen LogP contribution in [0.4, 0.5) is 23.1 Å². The molecule has 0 bridgehead atoms. The Bertz CT molecular complexity index is 1100. The molecule has 8 heteroatoms. The molecule has 31 heavy (non-hydrogen) atoms. The zero-order chi connectivity index (χ0) is 22.0. The summed E-state index contributed by atoms with van der Waals surface area (Å²) in [5, 5.41) is 6.66. The summed E-state index contributed by atoms with van der Waals surface area (Å²) in [6.07, 6.45) is 5.58. The summed E-state index contributed by atoms with van der Waals surface area (Å²) >= 11 is 0. The first-order valence-electron chi connectivity index (χ1n) is 10.6. The van der Waals surface area contributed by atoms with Crippen molar-refractivity contribution in [2.75, 3.05) is 28.6 Å². The number of anilines is 4. The number of imidazole rings is 1. The number of rotatable bonds is 7. The first kappa shape index (κ1) is 20.9. The van der Waals surface area contributed by atoms with Crippen molar-refractivity contribution in [3.63, 3.8) is 0 Å². The van der Waals surface area contributed by atoms with Crippen LogP contribution in [0.1, 0.15) is 32.7 Å². The Morgan fingerprint density at radius 1 is 1.29 bits per heavy atom. The van der Waals surface area contributed by atoms with E-state index < -0.39 is 0 Å². The second kappa shape index (κ2) is 8.77. The summed E-state index contributed by atoms with van der Waals surface area (Å²) in [6, 6.07) is 8.31. The fourth-order valence-electron chi connectivity index (χ4n) is 3.75. The highest BCUT2D eigenvalue weighted by Crippen LogP contribution is 2.29. The van der Waals surface area contributed by atoms with Crippen LogP contribution in [-0.4, -0.2) is 38.7 Å². The monoisotopic (exact) mass is 418 g/mol. The van der Waals surface area contributed by atoms with Gasteiger partial charge in [0.25, 0.3) is 0 Å². The summed E-state index contributed by atoms with van der Waals surface area (Å²) in [4.78, 5) is 16.5. The van der Waals surface area contributed by atoms with Crippen LogP contribution >= 0.6 is 0 Å². The molecule has 1 unspecified atom stereocenters. The number of piperidine rings is 1. The molecular weight excluding hydrogens is 388 g/mol. The van der Waals surface area contributed by atoms with Crippen LogP contribution in [0.3, 0.4) is 0 Å². The Hall–Kier alpha value is -3.39. The summed E-state index contributed by atoms with van der Waals surface area (Å²) in [5.74, 6) is 1.36. The van der Waals surface area contributed by atoms with Gasteiger partial charge in [-0.25, -0.2) is 4.98 Å². The van der Waals surface area contributed by atoms with Crippen LogP contribution in [0.15, 0.2) is 55.5 Å². The maximum atomic E-state index is 6.21. The smallest absolute Gasteiger partial charge is 0.229 e. The topological polar surface area (TPSA) is 96.9 Å². The number of nitrogens with two attached hydrogens (primary N) is 1. The molecule has 4 rings (SSSR count). The van der Waals surface area contributed by atoms with E-state index in [1.807, 2.05) is 30.6 Å². The largest absolute Gasteiger partial charge is 0.356 e. The lowest BCUT2D eigenvalue weighted by molar-refractivity contribution is 0.500. The maximum Gasteiger partial charge on any atom is 0.229 e. The van der Waals surface area contributed by atoms with E-state index in [-0.39, 0.29) is 12.1 Å². The van der Waals surface area contributed by atoms with Crippen molar-refractivity contribution in [1.29, 1.82) is 0 Å². The third-order valence-electron chi connectivity index (χ3n) is 5.38. The van der Waals surface area contributed by atoms with Gasteiger partial charge in [-0.2, -0.15) is 9.97 Å². The first-order valence-corrected chi connectivity index (χ1v) is 10.6. The Balaban J connectivity index is 1.73. The third-order valence-corrected chi connectivity index (χ3v) is 5.38. The standard InChI is InChI=1S/C23H30N8/c1-5-16(4)26-18-9-6-10-19(12-18)27-21-20-22(31(14-25-20)15(2)3)29-23(28-21)30-11-7-8-17(24)13-30/h5-6,9-10,12,14-15,17,26H,1,4,7-8,11,13,24H2,2-3H3,(H,27,28,29). The fourth-order valence-corrected chi connectivity index (χ4v) is 3.75. The fraction of sp³-hybridized carbons (Fsp3) is 0.348. The van der Waals surface area contributed by atoms with E-state index in [0.29, 0.717) is 11.8 Å². The number of benzene rings is 1. The van der Waals surface area contributed by atoms with Gasteiger partial charge in [0.05, 0.1) is 6.33 Å². The van der Waals surface area contributed by atoms with Gasteiger partial charge in [0.1, 0.15) is 0 Å². The van der Waals surface area contributed by atoms with Gasteiger partial charge >= 0.3 is 0 Å². The summed E-state index contributed by atoms with van der Waals surface area (Å²) < 4.78 is 2.07. The molecule has 3 heterocycles. The number of fused-ring (bicyclic) bond motifs is 1. The average molecular weight is 419 g/mol. The molecule has 1 atom stereocenters. The summed E-state index contributed by atoms with van der Waals surface area (Å²) in [6.45, 7) is 13.5. The van der Waals surface area contributed by atoms with Gasteiger partial charge in [-0.05, 0) is 51.0 Å². The highest BCUT2D eigenvalue weighted by molar-refractivity contribution is 5.87. The van der Waals surface area contributed by atoms with E-state index in [2.05, 4.69) is 52.1 Å². The number of aromatic nitrogens is 4. The van der Waals surface area contributed by atoms with Crippen LogP contribution < -0.4 is 21.3 Å². The second-order valence-electron chi connectivity index (χ2n) is 8.20. The van der Waals surface area contributed by atoms with Gasteiger partial charge in [-0.1, -0.05) is 19.2 Å². The number of hydrogen-bond donors (Lipinski definition) is 3. The van der Waals surface area contributed by atoms with E-state index in [9.17, 15) is 0 Å². The van der Waals surface area contributed by atoms with Gasteiger partial charge in [-0.15, -0.1) is 0 Å². The van der Waals surface area contributed by atoms with E-state index in [1.54, 1.807) is 6.08 Å². The molecule has 1 aromatic carbocycles. The Kier molecular flexibility index (Phi) is 5.90. The van der Waals surface area contributed by atoms with Gasteiger partial charge in [0.15, 0.2) is 17.0 Å². The zero-order valence-corrected chi connectivity index (χ0v) is 18.2. The predicted molar refractivity (Wildman–Crippen MR) is 128 cm³/mol. The molecule has 162 valence electrons. The summed E-state index contributed by atoms with van der Waals surface area (Å²) in [5.41, 5.74) is 10.3. The quantitative estimate of drug-likeness (QED) is 0.495. The molecule has 0 aliphatic carbocycles. The molecular formula is C23H30N8. The second-order valence-corrected chi connectivity index (χ2v) is 8.20. The minimum atomic E-state index is 0.139. The lowest BCUT2D eigenvalue weighted by Gasteiger charge is -2.31. The lowest BCUT2D eigenvalue weighted by Crippen LogP contribution is -2.43. The van der Waals surface area contributed by atoms with Crippen LogP contribution in [0.2, 0.25) is 0 Å². The lowest BCUT2D eigenvalue weighted by atomic mass is 10.1. The average Bonchev–Trinajstić information content (AvgIpc) is 3.18. The van der Waals surface area contributed by atoms with Crippen molar-refractivity contribution in [2.24, 2.45) is 5.73 Å². The van der Waals surface area contributed by atoms with Gasteiger partial charge < -0.3 is 25.8 Å². The molecule has 0 amide bonds. The number of nitrogens with one attached hydrogen (secondary N) is 2. The van der Waals surface area contributed by atoms with Crippen molar-refractivity contribution in [2.45, 2.75) is 38.8 Å². The molecule has 1 aliphatic heterocycles. The molecule has 0 saturated carbocycles. The molecule has 1 saturated heterocycles. The highest BCUT2D eigenvalue weighted by atomic mass is 15.3. The van der Waals surface area contributed by atoms with E-state index in [1.165, 1.54) is 0 Å². The van der Waals surface area contributed by atoms with Crippen molar-refractivity contribution in [1.82, 2.24) is 19.5 Å². The minimum absolute atomic E-state index is 0.139. The van der Waals surface area contributed by atoms with Crippen molar-refractivity contribution < 1.29 is 0 Å². The minimum Gasteiger partial charge on any atom is -0.356 e. The van der Waals surface area contributed by atoms with Crippen molar-refractivity contribution in [3.8, 4) is 0 Å². The maximum absolute atomic E-state index is 6.21. The molecule has 1 aliphatic rings. The normalized spacial score (nSPS) is 16.5. The van der Waals surface area contributed by atoms with Crippen LogP contribution in [0.5, 0.6) is 0 Å². The van der Waals surface area contributed by atoms with Gasteiger partial charge in [-0.3, -0.25) is 0 Å². The molecule has 3 aromatic rings. The highest BCUT2D eigenvalue weighted by Gasteiger charge is 2.22. The van der Waals surface area contributed by atoms with E-state index in [4.69, 9.17) is 15.7 Å².